The molecule has 0 saturated carbocycles. The van der Waals surface area contributed by atoms with Crippen LogP contribution in [0.1, 0.15) is 36.7 Å². The number of hydrogen-bond acceptors (Lipinski definition) is 4. The third kappa shape index (κ3) is 5.40. The molecule has 0 bridgehead atoms. The Morgan fingerprint density at radius 3 is 2.00 bits per heavy atom. The minimum atomic E-state index is -3.52. The van der Waals surface area contributed by atoms with E-state index in [4.69, 9.17) is 0 Å². The lowest BCUT2D eigenvalue weighted by Crippen LogP contribution is -2.30. The first-order valence-electron chi connectivity index (χ1n) is 9.02. The number of benzene rings is 2. The van der Waals surface area contributed by atoms with Crippen molar-refractivity contribution in [1.29, 1.82) is 0 Å². The number of carbonyl (C=O) groups excluding carboxylic acids is 2. The number of amides is 2. The third-order valence-corrected chi connectivity index (χ3v) is 6.28. The van der Waals surface area contributed by atoms with E-state index in [0.29, 0.717) is 30.9 Å². The van der Waals surface area contributed by atoms with Crippen LogP contribution >= 0.6 is 0 Å². The van der Waals surface area contributed by atoms with Crippen molar-refractivity contribution in [2.75, 3.05) is 18.4 Å². The lowest BCUT2D eigenvalue weighted by atomic mass is 10.1. The highest BCUT2D eigenvalue weighted by molar-refractivity contribution is 7.89. The van der Waals surface area contributed by atoms with Crippen molar-refractivity contribution in [3.05, 3.63) is 59.7 Å². The van der Waals surface area contributed by atoms with Crippen molar-refractivity contribution in [1.82, 2.24) is 9.62 Å². The highest BCUT2D eigenvalue weighted by Crippen LogP contribution is 2.19. The molecule has 0 aliphatic rings. The monoisotopic (exact) mass is 403 g/mol. The Labute approximate surface area is 165 Å². The molecule has 0 saturated heterocycles. The number of nitrogens with one attached hydrogen (secondary N) is 2. The highest BCUT2D eigenvalue weighted by atomic mass is 32.2. The fourth-order valence-corrected chi connectivity index (χ4v) is 4.08. The molecule has 0 heterocycles. The summed E-state index contributed by atoms with van der Waals surface area (Å²) >= 11 is 0. The Morgan fingerprint density at radius 1 is 0.929 bits per heavy atom. The van der Waals surface area contributed by atoms with Crippen molar-refractivity contribution >= 4 is 27.5 Å². The number of hydrogen-bond donors (Lipinski definition) is 2. The number of nitrogens with zero attached hydrogens (tertiary/aromatic N) is 1. The SMILES string of the molecule is CCN(CC)S(=O)(=O)c1ccc(NC(=O)c2ccc(CNC(C)=O)cc2)cc1. The molecule has 7 nitrogen and oxygen atoms in total. The zero-order valence-corrected chi connectivity index (χ0v) is 17.0. The zero-order valence-electron chi connectivity index (χ0n) is 16.2. The van der Waals surface area contributed by atoms with E-state index in [9.17, 15) is 18.0 Å². The normalized spacial score (nSPS) is 11.3. The van der Waals surface area contributed by atoms with Gasteiger partial charge in [-0.1, -0.05) is 26.0 Å². The van der Waals surface area contributed by atoms with Crippen LogP contribution in [0, 0.1) is 0 Å². The summed E-state index contributed by atoms with van der Waals surface area (Å²) in [6.45, 7) is 6.22. The molecule has 0 radical (unpaired) electrons. The van der Waals surface area contributed by atoms with Gasteiger partial charge in [-0.15, -0.1) is 0 Å². The topological polar surface area (TPSA) is 95.6 Å². The first-order valence-corrected chi connectivity index (χ1v) is 10.5. The number of rotatable bonds is 8. The lowest BCUT2D eigenvalue weighted by Gasteiger charge is -2.18. The summed E-state index contributed by atoms with van der Waals surface area (Å²) in [5.74, 6) is -0.418. The maximum atomic E-state index is 12.5. The second-order valence-electron chi connectivity index (χ2n) is 6.17. The van der Waals surface area contributed by atoms with Crippen molar-refractivity contribution in [2.45, 2.75) is 32.2 Å². The summed E-state index contributed by atoms with van der Waals surface area (Å²) in [5, 5.41) is 5.44. The molecule has 0 fully saturated rings. The minimum Gasteiger partial charge on any atom is -0.352 e. The average molecular weight is 404 g/mol. The molecule has 28 heavy (non-hydrogen) atoms. The van der Waals surface area contributed by atoms with E-state index in [2.05, 4.69) is 10.6 Å². The van der Waals surface area contributed by atoms with Gasteiger partial charge in [-0.05, 0) is 42.0 Å². The molecule has 2 aromatic carbocycles. The van der Waals surface area contributed by atoms with E-state index >= 15 is 0 Å². The maximum Gasteiger partial charge on any atom is 0.255 e. The van der Waals surface area contributed by atoms with Crippen LogP contribution in [-0.2, 0) is 21.4 Å². The van der Waals surface area contributed by atoms with E-state index in [1.807, 2.05) is 0 Å². The van der Waals surface area contributed by atoms with Gasteiger partial charge in [0.1, 0.15) is 0 Å². The molecule has 0 spiro atoms. The quantitative estimate of drug-likeness (QED) is 0.708. The second-order valence-corrected chi connectivity index (χ2v) is 8.11. The number of sulfonamides is 1. The van der Waals surface area contributed by atoms with Crippen LogP contribution in [0.5, 0.6) is 0 Å². The average Bonchev–Trinajstić information content (AvgIpc) is 2.68. The van der Waals surface area contributed by atoms with Crippen LogP contribution in [0.3, 0.4) is 0 Å². The Balaban J connectivity index is 2.05. The maximum absolute atomic E-state index is 12.5. The molecule has 0 aliphatic carbocycles. The van der Waals surface area contributed by atoms with Gasteiger partial charge in [0, 0.05) is 37.8 Å². The molecule has 0 unspecified atom stereocenters. The van der Waals surface area contributed by atoms with Crippen molar-refractivity contribution in [2.24, 2.45) is 0 Å². The predicted octanol–water partition coefficient (Wildman–Crippen LogP) is 2.61. The van der Waals surface area contributed by atoms with E-state index in [0.717, 1.165) is 5.56 Å². The standard InChI is InChI=1S/C20H25N3O4S/c1-4-23(5-2)28(26,27)19-12-10-18(11-13-19)22-20(25)17-8-6-16(7-9-17)14-21-15(3)24/h6-13H,4-5,14H2,1-3H3,(H,21,24)(H,22,25). The highest BCUT2D eigenvalue weighted by Gasteiger charge is 2.21. The summed E-state index contributed by atoms with van der Waals surface area (Å²) in [4.78, 5) is 23.5. The second kappa shape index (κ2) is 9.48. The van der Waals surface area contributed by atoms with Gasteiger partial charge >= 0.3 is 0 Å². The van der Waals surface area contributed by atoms with Crippen LogP contribution in [0.15, 0.2) is 53.4 Å². The largest absolute Gasteiger partial charge is 0.352 e. The molecular weight excluding hydrogens is 378 g/mol. The van der Waals surface area contributed by atoms with E-state index in [1.165, 1.54) is 23.4 Å². The smallest absolute Gasteiger partial charge is 0.255 e. The van der Waals surface area contributed by atoms with Gasteiger partial charge in [0.05, 0.1) is 4.90 Å². The van der Waals surface area contributed by atoms with Gasteiger partial charge in [-0.2, -0.15) is 4.31 Å². The Bertz CT molecular complexity index is 919. The van der Waals surface area contributed by atoms with Crippen LogP contribution in [0.25, 0.3) is 0 Å². The molecule has 0 aromatic heterocycles. The van der Waals surface area contributed by atoms with Crippen molar-refractivity contribution < 1.29 is 18.0 Å². The van der Waals surface area contributed by atoms with Crippen LogP contribution in [0.2, 0.25) is 0 Å². The molecule has 2 N–H and O–H groups in total. The van der Waals surface area contributed by atoms with Gasteiger partial charge in [0.25, 0.3) is 5.91 Å². The fraction of sp³-hybridized carbons (Fsp3) is 0.300. The van der Waals surface area contributed by atoms with Crippen molar-refractivity contribution in [3.63, 3.8) is 0 Å². The van der Waals surface area contributed by atoms with Crippen molar-refractivity contribution in [3.8, 4) is 0 Å². The summed E-state index contributed by atoms with van der Waals surface area (Å²) in [5.41, 5.74) is 1.86. The minimum absolute atomic E-state index is 0.117. The Kier molecular flexibility index (Phi) is 7.31. The summed E-state index contributed by atoms with van der Waals surface area (Å²) in [6, 6.07) is 13.0. The van der Waals surface area contributed by atoms with Crippen LogP contribution < -0.4 is 10.6 Å². The van der Waals surface area contributed by atoms with E-state index < -0.39 is 10.0 Å². The molecule has 0 aliphatic heterocycles. The van der Waals surface area contributed by atoms with Gasteiger partial charge in [0.15, 0.2) is 0 Å². The van der Waals surface area contributed by atoms with E-state index in [-0.39, 0.29) is 16.7 Å². The van der Waals surface area contributed by atoms with Crippen LogP contribution in [-0.4, -0.2) is 37.6 Å². The number of anilines is 1. The summed E-state index contributed by atoms with van der Waals surface area (Å²) in [6.07, 6.45) is 0. The first kappa shape index (κ1) is 21.6. The molecule has 2 rings (SSSR count). The van der Waals surface area contributed by atoms with Gasteiger partial charge in [0.2, 0.25) is 15.9 Å². The van der Waals surface area contributed by atoms with Gasteiger partial charge in [-0.3, -0.25) is 9.59 Å². The predicted molar refractivity (Wildman–Crippen MR) is 108 cm³/mol. The first-order chi connectivity index (χ1) is 13.3. The summed E-state index contributed by atoms with van der Waals surface area (Å²) < 4.78 is 26.4. The fourth-order valence-electron chi connectivity index (χ4n) is 2.63. The van der Waals surface area contributed by atoms with Crippen LogP contribution in [0.4, 0.5) is 5.69 Å². The third-order valence-electron chi connectivity index (χ3n) is 4.21. The summed E-state index contributed by atoms with van der Waals surface area (Å²) in [7, 11) is -3.52. The lowest BCUT2D eigenvalue weighted by molar-refractivity contribution is -0.119. The molecule has 150 valence electrons. The zero-order chi connectivity index (χ0) is 20.7. The molecule has 8 heteroatoms. The molecule has 2 aromatic rings. The molecular formula is C20H25N3O4S. The molecule has 2 amide bonds. The Morgan fingerprint density at radius 2 is 1.50 bits per heavy atom. The Hall–Kier alpha value is -2.71. The molecule has 0 atom stereocenters. The number of carbonyl (C=O) groups is 2. The van der Waals surface area contributed by atoms with Gasteiger partial charge < -0.3 is 10.6 Å². The van der Waals surface area contributed by atoms with Gasteiger partial charge in [-0.25, -0.2) is 8.42 Å². The van der Waals surface area contributed by atoms with E-state index in [1.54, 1.807) is 50.2 Å².